The van der Waals surface area contributed by atoms with Crippen LogP contribution in [0.2, 0.25) is 0 Å². The number of Topliss-reactive ketones (excluding diaryl/α,β-unsaturated/α-hetero) is 3. The number of nitrogens with zero attached hydrogens (tertiary/aromatic N) is 1. The van der Waals surface area contributed by atoms with Gasteiger partial charge in [-0.2, -0.15) is 0 Å². The lowest BCUT2D eigenvalue weighted by Crippen LogP contribution is -2.61. The van der Waals surface area contributed by atoms with Crippen LogP contribution < -0.4 is 0 Å². The van der Waals surface area contributed by atoms with E-state index in [1.807, 2.05) is 78.8 Å². The van der Waals surface area contributed by atoms with Crippen molar-refractivity contribution in [2.45, 2.75) is 206 Å². The molecule has 1 amide bonds. The molecule has 0 spiro atoms. The van der Waals surface area contributed by atoms with Crippen molar-refractivity contribution in [1.82, 2.24) is 4.90 Å². The van der Waals surface area contributed by atoms with Crippen molar-refractivity contribution in [1.29, 1.82) is 0 Å². The predicted molar refractivity (Wildman–Crippen MR) is 275 cm³/mol. The Bertz CT molecular complexity index is 1920. The summed E-state index contributed by atoms with van der Waals surface area (Å²) in [4.78, 5) is 73.4. The van der Waals surface area contributed by atoms with Gasteiger partial charge in [0.05, 0.1) is 43.2 Å². The normalized spacial score (nSPS) is 37.9. The lowest BCUT2D eigenvalue weighted by Gasteiger charge is -2.42. The Hall–Kier alpha value is -3.41. The number of rotatable bonds is 10. The monoisotopic (exact) mass is 1010 g/mol. The van der Waals surface area contributed by atoms with E-state index in [-0.39, 0.29) is 80.0 Å². The summed E-state index contributed by atoms with van der Waals surface area (Å²) in [6.45, 7) is 19.1. The summed E-state index contributed by atoms with van der Waals surface area (Å²) in [6, 6.07) is -1.14. The molecule has 3 fully saturated rings. The highest BCUT2D eigenvalue weighted by atomic mass is 16.6. The third-order valence-electron chi connectivity index (χ3n) is 15.3. The molecular formula is C57H91NO14. The van der Waals surface area contributed by atoms with Crippen LogP contribution in [0.5, 0.6) is 0 Å². The zero-order valence-corrected chi connectivity index (χ0v) is 45.9. The van der Waals surface area contributed by atoms with Crippen LogP contribution in [-0.2, 0) is 57.1 Å². The third-order valence-corrected chi connectivity index (χ3v) is 15.3. The zero-order chi connectivity index (χ0) is 53.5. The number of hydrogen-bond acceptors (Lipinski definition) is 14. The number of ketones is 3. The van der Waals surface area contributed by atoms with Gasteiger partial charge in [0.1, 0.15) is 30.1 Å². The van der Waals surface area contributed by atoms with Crippen molar-refractivity contribution in [2.24, 2.45) is 35.5 Å². The lowest BCUT2D eigenvalue weighted by atomic mass is 9.78. The molecule has 2 saturated heterocycles. The Labute approximate surface area is 430 Å². The van der Waals surface area contributed by atoms with Gasteiger partial charge in [-0.15, -0.1) is 0 Å². The van der Waals surface area contributed by atoms with E-state index in [1.165, 1.54) is 12.0 Å². The quantitative estimate of drug-likeness (QED) is 0.121. The van der Waals surface area contributed by atoms with Crippen molar-refractivity contribution in [3.63, 3.8) is 0 Å². The number of methoxy groups -OCH3 is 3. The van der Waals surface area contributed by atoms with E-state index in [0.717, 1.165) is 12.0 Å². The van der Waals surface area contributed by atoms with E-state index in [2.05, 4.69) is 6.92 Å². The molecule has 0 aromatic carbocycles. The van der Waals surface area contributed by atoms with Gasteiger partial charge in [-0.3, -0.25) is 19.2 Å². The number of piperidine rings is 1. The summed E-state index contributed by atoms with van der Waals surface area (Å²) < 4.78 is 42.7. The Morgan fingerprint density at radius 2 is 1.56 bits per heavy atom. The minimum absolute atomic E-state index is 0.0434. The summed E-state index contributed by atoms with van der Waals surface area (Å²) in [5.41, 5.74) is 0.865. The van der Waals surface area contributed by atoms with Crippen LogP contribution in [0.15, 0.2) is 47.6 Å². The molecule has 1 aliphatic carbocycles. The van der Waals surface area contributed by atoms with Crippen molar-refractivity contribution in [2.75, 3.05) is 41.1 Å². The average molecular weight is 1010 g/mol. The maximum Gasteiger partial charge on any atom is 0.329 e. The molecule has 4 aliphatic rings. The zero-order valence-electron chi connectivity index (χ0n) is 45.9. The second-order valence-electron chi connectivity index (χ2n) is 22.4. The second kappa shape index (κ2) is 28.5. The number of allylic oxidation sites excluding steroid dienone is 6. The first-order chi connectivity index (χ1) is 34.0. The molecule has 2 bridgehead atoms. The summed E-state index contributed by atoms with van der Waals surface area (Å²) in [5.74, 6) is -7.53. The van der Waals surface area contributed by atoms with Gasteiger partial charge in [-0.25, -0.2) is 4.79 Å². The van der Waals surface area contributed by atoms with Crippen LogP contribution >= 0.6 is 0 Å². The van der Waals surface area contributed by atoms with Gasteiger partial charge < -0.3 is 48.3 Å². The fraction of sp³-hybridized carbons (Fsp3) is 0.772. The van der Waals surface area contributed by atoms with E-state index < -0.39 is 77.4 Å². The van der Waals surface area contributed by atoms with Crippen LogP contribution in [0, 0.1) is 35.5 Å². The molecule has 408 valence electrons. The van der Waals surface area contributed by atoms with Gasteiger partial charge in [0, 0.05) is 58.5 Å². The molecule has 0 unspecified atom stereocenters. The number of amides is 1. The molecule has 4 rings (SSSR count). The summed E-state index contributed by atoms with van der Waals surface area (Å²) in [7, 11) is 4.73. The Balaban J connectivity index is 1.76. The maximum absolute atomic E-state index is 14.6. The molecular weight excluding hydrogens is 923 g/mol. The standard InChI is InChI=1S/C57H91NO14/c1-35-19-15-14-16-20-36(2)47(66-11)33-43-24-22-41(7)57(65,71-43)53(62)54(63)58-26-18-17-21-44(58)55(64)70-48(38(4)31-42-23-25-46(69-28-27-59)49(32-42)67-12)34-45(60)37(3)30-40(6)51(72-56(8,9)10)52(68-13)50(61)39(5)29-35/h14-16,19-20,30,35,37-39,41-44,46-49,51-52,59,65H,17-18,21-29,31-34H2,1-13H3/b16-14+,19-15+,36-20+,40-30+/t35-,37-,38-,39-,41-,42+,43+,44+,46-,47+,48+,49-,51-,52+,57-/m1/s1. The molecule has 0 radical (unpaired) electrons. The average Bonchev–Trinajstić information content (AvgIpc) is 3.34. The third kappa shape index (κ3) is 17.1. The number of hydrogen-bond donors (Lipinski definition) is 2. The molecule has 0 aromatic heterocycles. The van der Waals surface area contributed by atoms with Gasteiger partial charge in [-0.1, -0.05) is 71.1 Å². The maximum atomic E-state index is 14.6. The fourth-order valence-electron chi connectivity index (χ4n) is 11.0. The number of ether oxygens (including phenoxy) is 7. The fourth-order valence-corrected chi connectivity index (χ4v) is 11.0. The SMILES string of the molecule is CO[C@H]1C[C@@H]2CC[C@@H](C)[C@@](O)(O2)C(=O)C(=O)N2CCCC[C@H]2C(=O)O[C@H]([C@H](C)C[C@@H]2CC[C@@H](OCCO)[C@H](OC)C2)CC(=O)[C@H](C)/C=C(\C)[C@@H](OC(C)(C)C)[C@@H](OC)C(=O)[C@H](C)C[C@H](C)/C=C/C=C/C=C/1C. The number of carbonyl (C=O) groups excluding carboxylic acids is 5. The Kier molecular flexibility index (Phi) is 24.2. The number of carbonyl (C=O) groups is 5. The van der Waals surface area contributed by atoms with Crippen molar-refractivity contribution >= 4 is 29.2 Å². The van der Waals surface area contributed by atoms with Crippen molar-refractivity contribution < 1.29 is 67.3 Å². The van der Waals surface area contributed by atoms with E-state index >= 15 is 0 Å². The first-order valence-electron chi connectivity index (χ1n) is 26.7. The van der Waals surface area contributed by atoms with E-state index in [9.17, 15) is 34.2 Å². The van der Waals surface area contributed by atoms with Gasteiger partial charge in [-0.05, 0) is 128 Å². The van der Waals surface area contributed by atoms with Gasteiger partial charge in [0.2, 0.25) is 5.79 Å². The molecule has 3 heterocycles. The predicted octanol–water partition coefficient (Wildman–Crippen LogP) is 8.02. The number of aliphatic hydroxyl groups is 2. The molecule has 15 nitrogen and oxygen atoms in total. The highest BCUT2D eigenvalue weighted by molar-refractivity contribution is 6.39. The second-order valence-corrected chi connectivity index (χ2v) is 22.4. The summed E-state index contributed by atoms with van der Waals surface area (Å²) >= 11 is 0. The number of aliphatic hydroxyl groups excluding tert-OH is 1. The number of fused-ring (bicyclic) bond motifs is 3. The molecule has 2 N–H and O–H groups in total. The highest BCUT2D eigenvalue weighted by Gasteiger charge is 2.53. The summed E-state index contributed by atoms with van der Waals surface area (Å²) in [5, 5.41) is 21.4. The molecule has 72 heavy (non-hydrogen) atoms. The van der Waals surface area contributed by atoms with Gasteiger partial charge in [0.25, 0.3) is 11.7 Å². The van der Waals surface area contributed by atoms with Crippen LogP contribution in [0.4, 0.5) is 0 Å². The van der Waals surface area contributed by atoms with E-state index in [0.29, 0.717) is 63.4 Å². The van der Waals surface area contributed by atoms with Gasteiger partial charge in [0.15, 0.2) is 5.78 Å². The minimum atomic E-state index is -2.43. The molecule has 15 atom stereocenters. The minimum Gasteiger partial charge on any atom is -0.460 e. The van der Waals surface area contributed by atoms with Crippen LogP contribution in [0.3, 0.4) is 0 Å². The number of esters is 1. The van der Waals surface area contributed by atoms with E-state index in [1.54, 1.807) is 34.1 Å². The molecule has 15 heteroatoms. The summed E-state index contributed by atoms with van der Waals surface area (Å²) in [6.07, 6.45) is 13.3. The van der Waals surface area contributed by atoms with Crippen molar-refractivity contribution in [3.8, 4) is 0 Å². The molecule has 0 aromatic rings. The Morgan fingerprint density at radius 3 is 2.21 bits per heavy atom. The van der Waals surface area contributed by atoms with Crippen LogP contribution in [0.25, 0.3) is 0 Å². The largest absolute Gasteiger partial charge is 0.460 e. The lowest BCUT2D eigenvalue weighted by molar-refractivity contribution is -0.265. The highest BCUT2D eigenvalue weighted by Crippen LogP contribution is 2.38. The van der Waals surface area contributed by atoms with Crippen LogP contribution in [0.1, 0.15) is 146 Å². The molecule has 3 aliphatic heterocycles. The topological polar surface area (TPSA) is 194 Å². The Morgan fingerprint density at radius 1 is 0.833 bits per heavy atom. The first-order valence-corrected chi connectivity index (χ1v) is 26.7. The molecule has 1 saturated carbocycles. The van der Waals surface area contributed by atoms with E-state index in [4.69, 9.17) is 33.2 Å². The first kappa shape index (κ1) is 61.1. The van der Waals surface area contributed by atoms with Crippen molar-refractivity contribution in [3.05, 3.63) is 47.6 Å². The van der Waals surface area contributed by atoms with Gasteiger partial charge >= 0.3 is 5.97 Å². The van der Waals surface area contributed by atoms with Crippen LogP contribution in [-0.4, -0.2) is 146 Å². The number of cyclic esters (lactones) is 1. The smallest absolute Gasteiger partial charge is 0.329 e.